The lowest BCUT2D eigenvalue weighted by atomic mass is 10.0. The molecule has 0 aliphatic rings. The van der Waals surface area contributed by atoms with Crippen LogP contribution in [0.5, 0.6) is 0 Å². The number of carbonyl (C=O) groups excluding carboxylic acids is 2. The highest BCUT2D eigenvalue weighted by molar-refractivity contribution is 5.83. The van der Waals surface area contributed by atoms with E-state index in [9.17, 15) is 9.59 Å². The lowest BCUT2D eigenvalue weighted by molar-refractivity contribution is -0.140. The summed E-state index contributed by atoms with van der Waals surface area (Å²) in [6, 6.07) is 8.22. The van der Waals surface area contributed by atoms with E-state index in [4.69, 9.17) is 0 Å². The molecule has 118 valence electrons. The Hall–Kier alpha value is -2.10. The van der Waals surface area contributed by atoms with Crippen molar-refractivity contribution >= 4 is 22.7 Å². The summed E-state index contributed by atoms with van der Waals surface area (Å²) in [7, 11) is 1.39. The van der Waals surface area contributed by atoms with Gasteiger partial charge in [0.15, 0.2) is 0 Å². The number of nitrogens with one attached hydrogen (secondary N) is 1. The molecule has 0 amide bonds. The average Bonchev–Trinajstić information content (AvgIpc) is 2.95. The molecule has 0 fully saturated rings. The molecule has 0 saturated heterocycles. The molecule has 4 heteroatoms. The number of H-pyrrole nitrogens is 1. The number of fused-ring (bicyclic) bond motifs is 1. The number of Topliss-reactive ketones (excluding diaryl/α,β-unsaturated/α-hetero) is 1. The van der Waals surface area contributed by atoms with Gasteiger partial charge in [0.2, 0.25) is 0 Å². The van der Waals surface area contributed by atoms with Gasteiger partial charge in [0.05, 0.1) is 7.11 Å². The first-order valence-electron chi connectivity index (χ1n) is 7.84. The van der Waals surface area contributed by atoms with Crippen molar-refractivity contribution in [1.82, 2.24) is 4.98 Å². The molecular weight excluding hydrogens is 278 g/mol. The van der Waals surface area contributed by atoms with E-state index in [0.29, 0.717) is 19.3 Å². The summed E-state index contributed by atoms with van der Waals surface area (Å²) in [6.07, 6.45) is 6.88. The molecule has 0 aliphatic carbocycles. The average molecular weight is 301 g/mol. The first kappa shape index (κ1) is 16.3. The molecule has 0 bridgehead atoms. The number of para-hydroxylation sites is 1. The summed E-state index contributed by atoms with van der Waals surface area (Å²) in [5.74, 6) is 0.0801. The Labute approximate surface area is 130 Å². The second-order valence-corrected chi connectivity index (χ2v) is 5.53. The highest BCUT2D eigenvalue weighted by Crippen LogP contribution is 2.19. The third-order valence-electron chi connectivity index (χ3n) is 3.89. The van der Waals surface area contributed by atoms with Gasteiger partial charge in [-0.15, -0.1) is 0 Å². The van der Waals surface area contributed by atoms with Gasteiger partial charge in [0.1, 0.15) is 5.78 Å². The quantitative estimate of drug-likeness (QED) is 0.566. The van der Waals surface area contributed by atoms with Crippen molar-refractivity contribution in [3.63, 3.8) is 0 Å². The topological polar surface area (TPSA) is 59.2 Å². The molecular formula is C18H23NO3. The van der Waals surface area contributed by atoms with Gasteiger partial charge in [0, 0.05) is 36.4 Å². The molecule has 0 spiro atoms. The van der Waals surface area contributed by atoms with Crippen molar-refractivity contribution < 1.29 is 14.3 Å². The SMILES string of the molecule is COC(=O)CCCCC(=O)CCCc1c[nH]c2ccccc12. The van der Waals surface area contributed by atoms with Gasteiger partial charge in [-0.25, -0.2) is 0 Å². The zero-order valence-corrected chi connectivity index (χ0v) is 13.1. The fourth-order valence-corrected chi connectivity index (χ4v) is 2.63. The van der Waals surface area contributed by atoms with Crippen LogP contribution in [0, 0.1) is 0 Å². The van der Waals surface area contributed by atoms with Gasteiger partial charge in [-0.2, -0.15) is 0 Å². The maximum Gasteiger partial charge on any atom is 0.305 e. The van der Waals surface area contributed by atoms with Crippen LogP contribution in [0.4, 0.5) is 0 Å². The first-order valence-corrected chi connectivity index (χ1v) is 7.84. The molecule has 0 unspecified atom stereocenters. The molecule has 0 aliphatic heterocycles. The van der Waals surface area contributed by atoms with E-state index in [1.807, 2.05) is 18.3 Å². The van der Waals surface area contributed by atoms with E-state index < -0.39 is 0 Å². The van der Waals surface area contributed by atoms with E-state index >= 15 is 0 Å². The molecule has 4 nitrogen and oxygen atoms in total. The van der Waals surface area contributed by atoms with Crippen LogP contribution in [-0.2, 0) is 20.7 Å². The molecule has 1 heterocycles. The molecule has 0 radical (unpaired) electrons. The van der Waals surface area contributed by atoms with Crippen LogP contribution in [0.1, 0.15) is 44.1 Å². The normalized spacial score (nSPS) is 10.8. The largest absolute Gasteiger partial charge is 0.469 e. The minimum atomic E-state index is -0.202. The van der Waals surface area contributed by atoms with E-state index in [0.717, 1.165) is 31.2 Å². The van der Waals surface area contributed by atoms with Crippen LogP contribution in [-0.4, -0.2) is 23.8 Å². The predicted octanol–water partition coefficient (Wildman–Crippen LogP) is 3.79. The summed E-state index contributed by atoms with van der Waals surface area (Å²) >= 11 is 0. The first-order chi connectivity index (χ1) is 10.7. The fraction of sp³-hybridized carbons (Fsp3) is 0.444. The van der Waals surface area contributed by atoms with Crippen molar-refractivity contribution in [1.29, 1.82) is 0 Å². The highest BCUT2D eigenvalue weighted by Gasteiger charge is 2.06. The third kappa shape index (κ3) is 4.72. The number of esters is 1. The second kappa shape index (κ2) is 8.37. The maximum absolute atomic E-state index is 11.8. The zero-order valence-electron chi connectivity index (χ0n) is 13.1. The van der Waals surface area contributed by atoms with E-state index in [1.165, 1.54) is 18.1 Å². The minimum absolute atomic E-state index is 0.202. The number of hydrogen-bond acceptors (Lipinski definition) is 3. The lowest BCUT2D eigenvalue weighted by Crippen LogP contribution is -2.02. The number of aromatic amines is 1. The number of hydrogen-bond donors (Lipinski definition) is 1. The summed E-state index contributed by atoms with van der Waals surface area (Å²) in [4.78, 5) is 26.0. The number of benzene rings is 1. The number of ketones is 1. The molecule has 1 aromatic carbocycles. The Morgan fingerprint density at radius 2 is 1.77 bits per heavy atom. The highest BCUT2D eigenvalue weighted by atomic mass is 16.5. The standard InChI is InChI=1S/C18H23NO3/c1-22-18(21)12-5-2-8-15(20)9-6-7-14-13-19-17-11-4-3-10-16(14)17/h3-4,10-11,13,19H,2,5-9,12H2,1H3. The van der Waals surface area contributed by atoms with Crippen LogP contribution in [0.15, 0.2) is 30.5 Å². The second-order valence-electron chi connectivity index (χ2n) is 5.53. The lowest BCUT2D eigenvalue weighted by Gasteiger charge is -2.02. The molecule has 2 rings (SSSR count). The molecule has 22 heavy (non-hydrogen) atoms. The molecule has 1 N–H and O–H groups in total. The van der Waals surface area contributed by atoms with Crippen LogP contribution in [0.3, 0.4) is 0 Å². The number of aromatic nitrogens is 1. The van der Waals surface area contributed by atoms with E-state index in [2.05, 4.69) is 21.9 Å². The van der Waals surface area contributed by atoms with Crippen LogP contribution in [0.25, 0.3) is 10.9 Å². The van der Waals surface area contributed by atoms with Crippen molar-refractivity contribution in [2.45, 2.75) is 44.9 Å². The number of aryl methyl sites for hydroxylation is 1. The van der Waals surface area contributed by atoms with Crippen LogP contribution >= 0.6 is 0 Å². The molecule has 1 aromatic heterocycles. The zero-order chi connectivity index (χ0) is 15.8. The van der Waals surface area contributed by atoms with Gasteiger partial charge in [0.25, 0.3) is 0 Å². The van der Waals surface area contributed by atoms with Crippen molar-refractivity contribution in [3.8, 4) is 0 Å². The number of carbonyl (C=O) groups is 2. The van der Waals surface area contributed by atoms with Gasteiger partial charge in [-0.05, 0) is 37.3 Å². The van der Waals surface area contributed by atoms with Gasteiger partial charge >= 0.3 is 5.97 Å². The van der Waals surface area contributed by atoms with Crippen molar-refractivity contribution in [2.24, 2.45) is 0 Å². The Balaban J connectivity index is 1.66. The van der Waals surface area contributed by atoms with Crippen LogP contribution in [0.2, 0.25) is 0 Å². The number of unbranched alkanes of at least 4 members (excludes halogenated alkanes) is 1. The van der Waals surface area contributed by atoms with Gasteiger partial charge in [-0.3, -0.25) is 9.59 Å². The Morgan fingerprint density at radius 3 is 2.59 bits per heavy atom. The summed E-state index contributed by atoms with van der Waals surface area (Å²) in [5.41, 5.74) is 2.42. The van der Waals surface area contributed by atoms with Crippen molar-refractivity contribution in [3.05, 3.63) is 36.0 Å². The Morgan fingerprint density at radius 1 is 1.05 bits per heavy atom. The van der Waals surface area contributed by atoms with Crippen molar-refractivity contribution in [2.75, 3.05) is 7.11 Å². The molecule has 0 saturated carbocycles. The summed E-state index contributed by atoms with van der Waals surface area (Å²) < 4.78 is 4.57. The summed E-state index contributed by atoms with van der Waals surface area (Å²) in [6.45, 7) is 0. The summed E-state index contributed by atoms with van der Waals surface area (Å²) in [5, 5.41) is 1.24. The van der Waals surface area contributed by atoms with Gasteiger partial charge < -0.3 is 9.72 Å². The minimum Gasteiger partial charge on any atom is -0.469 e. The van der Waals surface area contributed by atoms with E-state index in [1.54, 1.807) is 0 Å². The molecule has 0 atom stereocenters. The van der Waals surface area contributed by atoms with Gasteiger partial charge in [-0.1, -0.05) is 18.2 Å². The maximum atomic E-state index is 11.8. The number of ether oxygens (including phenoxy) is 1. The predicted molar refractivity (Wildman–Crippen MR) is 86.7 cm³/mol. The van der Waals surface area contributed by atoms with E-state index in [-0.39, 0.29) is 11.8 Å². The fourth-order valence-electron chi connectivity index (χ4n) is 2.63. The Bertz CT molecular complexity index is 630. The third-order valence-corrected chi connectivity index (χ3v) is 3.89. The smallest absolute Gasteiger partial charge is 0.305 e. The number of rotatable bonds is 9. The van der Waals surface area contributed by atoms with Crippen LogP contribution < -0.4 is 0 Å². The Kier molecular flexibility index (Phi) is 6.19. The number of methoxy groups -OCH3 is 1. The molecule has 2 aromatic rings. The monoisotopic (exact) mass is 301 g/mol.